The highest BCUT2D eigenvalue weighted by molar-refractivity contribution is 5.27. The van der Waals surface area contributed by atoms with Crippen LogP contribution >= 0.6 is 0 Å². The van der Waals surface area contributed by atoms with Crippen LogP contribution in [0.15, 0.2) is 47.4 Å². The van der Waals surface area contributed by atoms with Crippen LogP contribution in [-0.2, 0) is 26.6 Å². The van der Waals surface area contributed by atoms with Gasteiger partial charge in [-0.15, -0.1) is 0 Å². The Morgan fingerprint density at radius 2 is 1.95 bits per heavy atom. The van der Waals surface area contributed by atoms with Crippen molar-refractivity contribution >= 4 is 0 Å². The van der Waals surface area contributed by atoms with Crippen LogP contribution < -0.4 is 5.56 Å². The van der Waals surface area contributed by atoms with Gasteiger partial charge >= 0.3 is 0 Å². The van der Waals surface area contributed by atoms with Gasteiger partial charge in [-0.25, -0.2) is 0 Å². The van der Waals surface area contributed by atoms with Gasteiger partial charge in [0.1, 0.15) is 0 Å². The largest absolute Gasteiger partial charge is 0.318 e. The number of nitrogens with zero attached hydrogens (tertiary/aromatic N) is 2. The number of pyridine rings is 1. The van der Waals surface area contributed by atoms with Gasteiger partial charge in [0.2, 0.25) is 0 Å². The van der Waals surface area contributed by atoms with Gasteiger partial charge in [0.05, 0.1) is 0 Å². The van der Waals surface area contributed by atoms with Crippen LogP contribution in [0.25, 0.3) is 0 Å². The molecule has 19 heavy (non-hydrogen) atoms. The maximum Gasteiger partial charge on any atom is 0.253 e. The van der Waals surface area contributed by atoms with Crippen LogP contribution in [0.2, 0.25) is 0 Å². The second-order valence-corrected chi connectivity index (χ2v) is 5.18. The van der Waals surface area contributed by atoms with E-state index in [9.17, 15) is 4.79 Å². The Morgan fingerprint density at radius 3 is 2.74 bits per heavy atom. The lowest BCUT2D eigenvalue weighted by atomic mass is 10.0. The average molecular weight is 254 g/mol. The molecule has 0 bridgehead atoms. The first kappa shape index (κ1) is 12.2. The van der Waals surface area contributed by atoms with Crippen molar-refractivity contribution in [3.8, 4) is 0 Å². The summed E-state index contributed by atoms with van der Waals surface area (Å²) in [4.78, 5) is 14.4. The molecule has 0 N–H and O–H groups in total. The van der Waals surface area contributed by atoms with E-state index >= 15 is 0 Å². The SMILES string of the molecule is Cn1ccc2c(c1=O)CCN(Cc1ccccc1)C2. The number of benzene rings is 1. The first-order valence-corrected chi connectivity index (χ1v) is 6.68. The van der Waals surface area contributed by atoms with E-state index in [1.54, 1.807) is 4.57 Å². The number of hydrogen-bond acceptors (Lipinski definition) is 2. The predicted molar refractivity (Wildman–Crippen MR) is 75.9 cm³/mol. The van der Waals surface area contributed by atoms with Gasteiger partial charge in [-0.1, -0.05) is 30.3 Å². The summed E-state index contributed by atoms with van der Waals surface area (Å²) in [6.07, 6.45) is 2.73. The van der Waals surface area contributed by atoms with E-state index in [0.717, 1.165) is 31.6 Å². The molecular formula is C16H18N2O. The minimum absolute atomic E-state index is 0.164. The molecule has 0 unspecified atom stereocenters. The predicted octanol–water partition coefficient (Wildman–Crippen LogP) is 1.94. The topological polar surface area (TPSA) is 25.2 Å². The van der Waals surface area contributed by atoms with Gasteiger partial charge in [-0.3, -0.25) is 9.69 Å². The van der Waals surface area contributed by atoms with Crippen molar-refractivity contribution in [2.45, 2.75) is 19.5 Å². The van der Waals surface area contributed by atoms with E-state index in [1.807, 2.05) is 19.3 Å². The van der Waals surface area contributed by atoms with Crippen molar-refractivity contribution in [2.75, 3.05) is 6.54 Å². The number of hydrogen-bond donors (Lipinski definition) is 0. The van der Waals surface area contributed by atoms with Crippen molar-refractivity contribution in [2.24, 2.45) is 7.05 Å². The van der Waals surface area contributed by atoms with Gasteiger partial charge < -0.3 is 4.57 Å². The average Bonchev–Trinajstić information content (AvgIpc) is 2.44. The number of rotatable bonds is 2. The van der Waals surface area contributed by atoms with Crippen molar-refractivity contribution in [1.82, 2.24) is 9.47 Å². The number of fused-ring (bicyclic) bond motifs is 1. The van der Waals surface area contributed by atoms with E-state index in [2.05, 4.69) is 35.2 Å². The lowest BCUT2D eigenvalue weighted by Crippen LogP contribution is -2.35. The summed E-state index contributed by atoms with van der Waals surface area (Å²) in [5, 5.41) is 0. The van der Waals surface area contributed by atoms with E-state index in [4.69, 9.17) is 0 Å². The summed E-state index contributed by atoms with van der Waals surface area (Å²) < 4.78 is 1.67. The normalized spacial score (nSPS) is 15.2. The molecule has 1 aliphatic heterocycles. The first-order chi connectivity index (χ1) is 9.24. The minimum atomic E-state index is 0.164. The van der Waals surface area contributed by atoms with Crippen LogP contribution in [-0.4, -0.2) is 16.0 Å². The Hall–Kier alpha value is -1.87. The summed E-state index contributed by atoms with van der Waals surface area (Å²) in [5.41, 5.74) is 3.67. The molecule has 0 fully saturated rings. The van der Waals surface area contributed by atoms with Crippen molar-refractivity contribution in [1.29, 1.82) is 0 Å². The Labute approximate surface area is 113 Å². The van der Waals surface area contributed by atoms with Crippen molar-refractivity contribution in [3.63, 3.8) is 0 Å². The van der Waals surface area contributed by atoms with E-state index in [0.29, 0.717) is 0 Å². The highest BCUT2D eigenvalue weighted by Crippen LogP contribution is 2.17. The fourth-order valence-electron chi connectivity index (χ4n) is 2.70. The van der Waals surface area contributed by atoms with Crippen LogP contribution in [0.5, 0.6) is 0 Å². The Morgan fingerprint density at radius 1 is 1.16 bits per heavy atom. The third-order valence-corrected chi connectivity index (χ3v) is 3.79. The molecule has 0 aliphatic carbocycles. The van der Waals surface area contributed by atoms with E-state index < -0.39 is 0 Å². The van der Waals surface area contributed by atoms with Gasteiger partial charge in [0, 0.05) is 38.4 Å². The highest BCUT2D eigenvalue weighted by Gasteiger charge is 2.18. The Balaban J connectivity index is 1.80. The van der Waals surface area contributed by atoms with Crippen LogP contribution in [0, 0.1) is 0 Å². The Bertz CT molecular complexity index is 631. The monoisotopic (exact) mass is 254 g/mol. The van der Waals surface area contributed by atoms with E-state index in [-0.39, 0.29) is 5.56 Å². The molecule has 0 saturated carbocycles. The molecule has 3 nitrogen and oxygen atoms in total. The quantitative estimate of drug-likeness (QED) is 0.818. The molecule has 98 valence electrons. The number of aryl methyl sites for hydroxylation is 1. The zero-order chi connectivity index (χ0) is 13.2. The lowest BCUT2D eigenvalue weighted by Gasteiger charge is -2.28. The lowest BCUT2D eigenvalue weighted by molar-refractivity contribution is 0.244. The molecule has 0 atom stereocenters. The zero-order valence-electron chi connectivity index (χ0n) is 11.2. The fourth-order valence-corrected chi connectivity index (χ4v) is 2.70. The molecule has 3 heteroatoms. The molecule has 0 amide bonds. The smallest absolute Gasteiger partial charge is 0.253 e. The van der Waals surface area contributed by atoms with Gasteiger partial charge in [-0.2, -0.15) is 0 Å². The molecule has 3 rings (SSSR count). The van der Waals surface area contributed by atoms with Gasteiger partial charge in [0.15, 0.2) is 0 Å². The molecule has 2 heterocycles. The van der Waals surface area contributed by atoms with E-state index in [1.165, 1.54) is 11.1 Å². The molecule has 0 spiro atoms. The molecular weight excluding hydrogens is 236 g/mol. The molecule has 0 saturated heterocycles. The third-order valence-electron chi connectivity index (χ3n) is 3.79. The second kappa shape index (κ2) is 5.02. The van der Waals surface area contributed by atoms with Crippen LogP contribution in [0.4, 0.5) is 0 Å². The van der Waals surface area contributed by atoms with Gasteiger partial charge in [-0.05, 0) is 23.6 Å². The van der Waals surface area contributed by atoms with Crippen LogP contribution in [0.1, 0.15) is 16.7 Å². The molecule has 0 radical (unpaired) electrons. The highest BCUT2D eigenvalue weighted by atomic mass is 16.1. The summed E-state index contributed by atoms with van der Waals surface area (Å²) in [6, 6.07) is 12.6. The van der Waals surface area contributed by atoms with Crippen LogP contribution in [0.3, 0.4) is 0 Å². The molecule has 1 aliphatic rings. The van der Waals surface area contributed by atoms with Gasteiger partial charge in [0.25, 0.3) is 5.56 Å². The summed E-state index contributed by atoms with van der Waals surface area (Å²) in [5.74, 6) is 0. The fraction of sp³-hybridized carbons (Fsp3) is 0.312. The maximum atomic E-state index is 12.0. The molecule has 2 aromatic rings. The zero-order valence-corrected chi connectivity index (χ0v) is 11.2. The second-order valence-electron chi connectivity index (χ2n) is 5.18. The summed E-state index contributed by atoms with van der Waals surface area (Å²) >= 11 is 0. The molecule has 1 aromatic carbocycles. The number of aromatic nitrogens is 1. The third kappa shape index (κ3) is 2.47. The van der Waals surface area contributed by atoms with Crippen molar-refractivity contribution < 1.29 is 0 Å². The summed E-state index contributed by atoms with van der Waals surface area (Å²) in [7, 11) is 1.82. The standard InChI is InChI=1S/C16H18N2O/c1-17-9-7-14-12-18(10-8-15(14)16(17)19)11-13-5-3-2-4-6-13/h2-7,9H,8,10-12H2,1H3. The van der Waals surface area contributed by atoms with Crippen molar-refractivity contribution in [3.05, 3.63) is 69.6 Å². The summed E-state index contributed by atoms with van der Waals surface area (Å²) in [6.45, 7) is 2.79. The first-order valence-electron chi connectivity index (χ1n) is 6.68. The maximum absolute atomic E-state index is 12.0. The Kier molecular flexibility index (Phi) is 3.22. The minimum Gasteiger partial charge on any atom is -0.318 e. The molecule has 1 aromatic heterocycles.